The number of likely N-dealkylation sites (N-methyl/N-ethyl adjacent to an activating group) is 1. The van der Waals surface area contributed by atoms with Gasteiger partial charge in [0.1, 0.15) is 0 Å². The van der Waals surface area contributed by atoms with Gasteiger partial charge in [0.25, 0.3) is 0 Å². The quantitative estimate of drug-likeness (QED) is 0.342. The Morgan fingerprint density at radius 1 is 1.07 bits per heavy atom. The highest BCUT2D eigenvalue weighted by Crippen LogP contribution is 2.70. The molecule has 6 aliphatic rings. The lowest BCUT2D eigenvalue weighted by atomic mass is 9.44. The minimum atomic E-state index is 0.0312. The first-order valence-electron chi connectivity index (χ1n) is 18.4. The molecule has 5 heteroatoms. The molecule has 1 N–H and O–H groups in total. The highest BCUT2D eigenvalue weighted by atomic mass is 16.5. The Balaban J connectivity index is 0.953. The molecule has 7 rings (SSSR count). The van der Waals surface area contributed by atoms with E-state index < -0.39 is 0 Å². The van der Waals surface area contributed by atoms with Gasteiger partial charge in [-0.1, -0.05) is 58.0 Å². The van der Waals surface area contributed by atoms with E-state index in [0.29, 0.717) is 46.8 Å². The first-order chi connectivity index (χ1) is 21.2. The maximum absolute atomic E-state index is 13.3. The Labute approximate surface area is 267 Å². The number of hydrogen-bond donors (Lipinski definition) is 1. The number of fused-ring (bicyclic) bond motifs is 7. The van der Waals surface area contributed by atoms with Gasteiger partial charge in [-0.3, -0.25) is 9.69 Å². The SMILES string of the molecule is C[C@H]1[C@H]2[C@H](C[C@H]3[C@@H]4CC[C@@H]5C[C@@H](OCc6ccccc6)CC[C@]5(C)[C@H]4CC[C@]23C)O[C@@H]1CC[C@H](C)C(=O)C1CNCCN1C. The summed E-state index contributed by atoms with van der Waals surface area (Å²) in [7, 11) is 2.10. The normalized spacial score (nSPS) is 46.0. The van der Waals surface area contributed by atoms with Gasteiger partial charge in [-0.15, -0.1) is 0 Å². The molecule has 13 atom stereocenters. The molecule has 4 saturated carbocycles. The highest BCUT2D eigenvalue weighted by Gasteiger charge is 2.65. The van der Waals surface area contributed by atoms with E-state index in [-0.39, 0.29) is 12.0 Å². The summed E-state index contributed by atoms with van der Waals surface area (Å²) in [5, 5.41) is 3.42. The van der Waals surface area contributed by atoms with Crippen molar-refractivity contribution in [2.45, 2.75) is 123 Å². The molecule has 6 fully saturated rings. The van der Waals surface area contributed by atoms with Gasteiger partial charge < -0.3 is 14.8 Å². The fraction of sp³-hybridized carbons (Fsp3) is 0.821. The van der Waals surface area contributed by atoms with E-state index in [2.05, 4.69) is 75.3 Å². The van der Waals surface area contributed by atoms with Crippen molar-refractivity contribution >= 4 is 5.78 Å². The second kappa shape index (κ2) is 12.4. The number of ketones is 1. The fourth-order valence-corrected chi connectivity index (χ4v) is 12.2. The molecule has 0 amide bonds. The first-order valence-corrected chi connectivity index (χ1v) is 18.4. The van der Waals surface area contributed by atoms with Gasteiger partial charge in [0.05, 0.1) is 31.0 Å². The Hall–Kier alpha value is -1.27. The molecule has 244 valence electrons. The Kier molecular flexibility index (Phi) is 8.83. The van der Waals surface area contributed by atoms with E-state index in [9.17, 15) is 4.79 Å². The number of carbonyl (C=O) groups is 1. The summed E-state index contributed by atoms with van der Waals surface area (Å²) in [6.07, 6.45) is 13.9. The molecule has 2 aliphatic heterocycles. The second-order valence-corrected chi connectivity index (χ2v) is 16.8. The standard InChI is InChI=1S/C39H60N2O3/c1-25(37(42)33-23-40-19-20-41(33)5)11-14-34-26(2)36-35(44-34)22-32-30-13-12-28-21-29(43-24-27-9-7-6-8-10-27)15-17-38(28,3)31(30)16-18-39(32,36)4/h6-10,25-26,28-36,40H,11-24H2,1-5H3/t25-,26+,28+,29-,30+,31-,32-,33?,34+,35-,36-,38-,39-/m0/s1. The molecule has 1 unspecified atom stereocenters. The van der Waals surface area contributed by atoms with E-state index in [1.54, 1.807) is 0 Å². The van der Waals surface area contributed by atoms with Crippen molar-refractivity contribution in [3.63, 3.8) is 0 Å². The van der Waals surface area contributed by atoms with Crippen LogP contribution in [0.5, 0.6) is 0 Å². The van der Waals surface area contributed by atoms with Crippen LogP contribution in [0, 0.1) is 52.3 Å². The molecule has 5 nitrogen and oxygen atoms in total. The Morgan fingerprint density at radius 2 is 1.86 bits per heavy atom. The first kappa shape index (κ1) is 31.3. The lowest BCUT2D eigenvalue weighted by Gasteiger charge is -2.61. The molecule has 2 heterocycles. The van der Waals surface area contributed by atoms with Crippen molar-refractivity contribution in [1.29, 1.82) is 0 Å². The number of nitrogens with zero attached hydrogens (tertiary/aromatic N) is 1. The predicted molar refractivity (Wildman–Crippen MR) is 176 cm³/mol. The molecule has 0 radical (unpaired) electrons. The van der Waals surface area contributed by atoms with E-state index in [1.807, 2.05) is 0 Å². The third kappa shape index (κ3) is 5.44. The van der Waals surface area contributed by atoms with Crippen LogP contribution in [0.25, 0.3) is 0 Å². The second-order valence-electron chi connectivity index (χ2n) is 16.8. The van der Waals surface area contributed by atoms with Gasteiger partial charge in [0.15, 0.2) is 5.78 Å². The van der Waals surface area contributed by atoms with Crippen molar-refractivity contribution in [3.8, 4) is 0 Å². The topological polar surface area (TPSA) is 50.8 Å². The van der Waals surface area contributed by atoms with Crippen LogP contribution in [0.3, 0.4) is 0 Å². The third-order valence-corrected chi connectivity index (χ3v) is 14.7. The summed E-state index contributed by atoms with van der Waals surface area (Å²) in [5.41, 5.74) is 2.19. The summed E-state index contributed by atoms with van der Waals surface area (Å²) in [4.78, 5) is 15.5. The lowest BCUT2D eigenvalue weighted by molar-refractivity contribution is -0.139. The van der Waals surface area contributed by atoms with Crippen molar-refractivity contribution in [2.75, 3.05) is 26.7 Å². The smallest absolute Gasteiger partial charge is 0.154 e. The lowest BCUT2D eigenvalue weighted by Crippen LogP contribution is -2.54. The van der Waals surface area contributed by atoms with Crippen molar-refractivity contribution in [3.05, 3.63) is 35.9 Å². The van der Waals surface area contributed by atoms with Crippen LogP contribution in [0.4, 0.5) is 0 Å². The largest absolute Gasteiger partial charge is 0.374 e. The molecule has 1 aromatic rings. The number of ether oxygens (including phenoxy) is 2. The monoisotopic (exact) mass is 604 g/mol. The summed E-state index contributed by atoms with van der Waals surface area (Å²) in [6.45, 7) is 13.5. The fourth-order valence-electron chi connectivity index (χ4n) is 12.2. The summed E-state index contributed by atoms with van der Waals surface area (Å²) in [6, 6.07) is 10.7. The predicted octanol–water partition coefficient (Wildman–Crippen LogP) is 7.13. The minimum Gasteiger partial charge on any atom is -0.374 e. The average Bonchev–Trinajstić information content (AvgIpc) is 3.51. The highest BCUT2D eigenvalue weighted by molar-refractivity contribution is 5.86. The Morgan fingerprint density at radius 3 is 2.66 bits per heavy atom. The molecular formula is C39H60N2O3. The molecule has 0 aromatic heterocycles. The van der Waals surface area contributed by atoms with Gasteiger partial charge in [0, 0.05) is 25.6 Å². The Bertz CT molecular complexity index is 1160. The van der Waals surface area contributed by atoms with E-state index in [4.69, 9.17) is 9.47 Å². The number of piperazine rings is 1. The van der Waals surface area contributed by atoms with Crippen molar-refractivity contribution < 1.29 is 14.3 Å². The number of hydrogen-bond acceptors (Lipinski definition) is 5. The maximum Gasteiger partial charge on any atom is 0.154 e. The van der Waals surface area contributed by atoms with E-state index in [0.717, 1.165) is 62.8 Å². The zero-order valence-corrected chi connectivity index (χ0v) is 28.3. The number of rotatable bonds is 8. The van der Waals surface area contributed by atoms with Crippen LogP contribution in [-0.2, 0) is 20.9 Å². The number of Topliss-reactive ketones (excluding diaryl/α,β-unsaturated/α-hetero) is 1. The van der Waals surface area contributed by atoms with Gasteiger partial charge in [-0.05, 0) is 123 Å². The molecule has 1 aromatic carbocycles. The molecular weight excluding hydrogens is 544 g/mol. The van der Waals surface area contributed by atoms with Gasteiger partial charge >= 0.3 is 0 Å². The molecule has 2 saturated heterocycles. The minimum absolute atomic E-state index is 0.0312. The number of carbonyl (C=O) groups excluding carboxylic acids is 1. The zero-order valence-electron chi connectivity index (χ0n) is 28.3. The van der Waals surface area contributed by atoms with Crippen LogP contribution in [0.15, 0.2) is 30.3 Å². The summed E-state index contributed by atoms with van der Waals surface area (Å²) < 4.78 is 13.5. The number of benzene rings is 1. The van der Waals surface area contributed by atoms with Gasteiger partial charge in [-0.25, -0.2) is 0 Å². The van der Waals surface area contributed by atoms with Crippen molar-refractivity contribution in [2.24, 2.45) is 52.3 Å². The van der Waals surface area contributed by atoms with Crippen molar-refractivity contribution in [1.82, 2.24) is 10.2 Å². The molecule has 0 bridgehead atoms. The van der Waals surface area contributed by atoms with Gasteiger partial charge in [-0.2, -0.15) is 0 Å². The van der Waals surface area contributed by atoms with E-state index in [1.165, 1.54) is 56.9 Å². The average molecular weight is 605 g/mol. The summed E-state index contributed by atoms with van der Waals surface area (Å²) >= 11 is 0. The van der Waals surface area contributed by atoms with E-state index >= 15 is 0 Å². The van der Waals surface area contributed by atoms with Crippen LogP contribution in [0.2, 0.25) is 0 Å². The van der Waals surface area contributed by atoms with Crippen LogP contribution >= 0.6 is 0 Å². The van der Waals surface area contributed by atoms with Gasteiger partial charge in [0.2, 0.25) is 0 Å². The zero-order chi connectivity index (χ0) is 30.6. The maximum atomic E-state index is 13.3. The summed E-state index contributed by atoms with van der Waals surface area (Å²) in [5.74, 6) is 5.18. The third-order valence-electron chi connectivity index (χ3n) is 14.7. The van der Waals surface area contributed by atoms with Crippen LogP contribution < -0.4 is 5.32 Å². The molecule has 44 heavy (non-hydrogen) atoms. The molecule has 0 spiro atoms. The molecule has 4 aliphatic carbocycles. The van der Waals surface area contributed by atoms with Crippen LogP contribution in [0.1, 0.15) is 97.5 Å². The van der Waals surface area contributed by atoms with Crippen LogP contribution in [-0.4, -0.2) is 61.7 Å². The number of nitrogens with one attached hydrogen (secondary N) is 1.